The molecule has 1 rings (SSSR count). The van der Waals surface area contributed by atoms with E-state index in [2.05, 4.69) is 10.6 Å². The Morgan fingerprint density at radius 3 is 2.67 bits per heavy atom. The van der Waals surface area contributed by atoms with Crippen molar-refractivity contribution in [2.75, 3.05) is 31.3 Å². The average molecular weight is 268 g/mol. The number of hydrogen-bond acceptors (Lipinski definition) is 3. The summed E-state index contributed by atoms with van der Waals surface area (Å²) in [6, 6.07) is 7.57. The lowest BCUT2D eigenvalue weighted by Gasteiger charge is -2.08. The maximum atomic E-state index is 11.5. The number of thioether (sulfide) groups is 1. The van der Waals surface area contributed by atoms with E-state index in [9.17, 15) is 4.79 Å². The first-order valence-corrected chi connectivity index (χ1v) is 7.25. The van der Waals surface area contributed by atoms with Crippen LogP contribution >= 0.6 is 11.8 Å². The van der Waals surface area contributed by atoms with Gasteiger partial charge >= 0.3 is 6.03 Å². The zero-order chi connectivity index (χ0) is 13.2. The molecule has 0 fully saturated rings. The summed E-state index contributed by atoms with van der Waals surface area (Å²) in [5.41, 5.74) is 0.801. The minimum absolute atomic E-state index is 0.177. The van der Waals surface area contributed by atoms with E-state index < -0.39 is 0 Å². The summed E-state index contributed by atoms with van der Waals surface area (Å²) < 4.78 is 5.19. The van der Waals surface area contributed by atoms with Gasteiger partial charge in [0.05, 0.1) is 0 Å². The van der Waals surface area contributed by atoms with Crippen LogP contribution in [0.25, 0.3) is 0 Å². The van der Waals surface area contributed by atoms with E-state index in [-0.39, 0.29) is 6.03 Å². The number of carbonyl (C=O) groups excluding carboxylic acids is 1. The second-order valence-corrected chi connectivity index (χ2v) is 4.54. The van der Waals surface area contributed by atoms with Gasteiger partial charge in [-0.25, -0.2) is 4.79 Å². The molecule has 0 spiro atoms. The molecule has 0 saturated heterocycles. The standard InChI is InChI=1S/C13H20N2O2S/c1-3-17-10-4-9-14-13(16)15-11-5-7-12(18-2)8-6-11/h5-8H,3-4,9-10H2,1-2H3,(H2,14,15,16). The molecule has 0 aromatic heterocycles. The monoisotopic (exact) mass is 268 g/mol. The average Bonchev–Trinajstić information content (AvgIpc) is 2.39. The molecule has 1 aromatic rings. The first-order chi connectivity index (χ1) is 8.76. The lowest BCUT2D eigenvalue weighted by Crippen LogP contribution is -2.30. The maximum Gasteiger partial charge on any atom is 0.319 e. The highest BCUT2D eigenvalue weighted by Crippen LogP contribution is 2.17. The van der Waals surface area contributed by atoms with E-state index in [1.54, 1.807) is 11.8 Å². The topological polar surface area (TPSA) is 50.4 Å². The highest BCUT2D eigenvalue weighted by molar-refractivity contribution is 7.98. The molecule has 0 aliphatic rings. The zero-order valence-corrected chi connectivity index (χ0v) is 11.7. The van der Waals surface area contributed by atoms with Crippen molar-refractivity contribution < 1.29 is 9.53 Å². The molecule has 2 N–H and O–H groups in total. The highest BCUT2D eigenvalue weighted by Gasteiger charge is 2.00. The molecule has 0 saturated carbocycles. The lowest BCUT2D eigenvalue weighted by molar-refractivity contribution is 0.145. The van der Waals surface area contributed by atoms with Gasteiger partial charge in [-0.15, -0.1) is 11.8 Å². The van der Waals surface area contributed by atoms with E-state index in [1.165, 1.54) is 4.90 Å². The van der Waals surface area contributed by atoms with E-state index in [0.717, 1.165) is 12.1 Å². The fourth-order valence-electron chi connectivity index (χ4n) is 1.37. The van der Waals surface area contributed by atoms with Crippen LogP contribution in [0.5, 0.6) is 0 Å². The Labute approximate surface area is 112 Å². The first kappa shape index (κ1) is 14.9. The van der Waals surface area contributed by atoms with Crippen molar-refractivity contribution in [2.45, 2.75) is 18.2 Å². The van der Waals surface area contributed by atoms with Crippen LogP contribution in [0, 0.1) is 0 Å². The third kappa shape index (κ3) is 5.93. The molecule has 0 heterocycles. The number of anilines is 1. The number of rotatable bonds is 7. The van der Waals surface area contributed by atoms with E-state index in [0.29, 0.717) is 19.8 Å². The summed E-state index contributed by atoms with van der Waals surface area (Å²) in [7, 11) is 0. The molecule has 4 nitrogen and oxygen atoms in total. The summed E-state index contributed by atoms with van der Waals surface area (Å²) in [5, 5.41) is 5.57. The lowest BCUT2D eigenvalue weighted by atomic mass is 10.3. The Morgan fingerprint density at radius 2 is 2.06 bits per heavy atom. The largest absolute Gasteiger partial charge is 0.382 e. The SMILES string of the molecule is CCOCCCNC(=O)Nc1ccc(SC)cc1. The summed E-state index contributed by atoms with van der Waals surface area (Å²) in [6.07, 6.45) is 2.85. The Kier molecular flexibility index (Phi) is 7.29. The van der Waals surface area contributed by atoms with Crippen molar-refractivity contribution in [1.82, 2.24) is 5.32 Å². The first-order valence-electron chi connectivity index (χ1n) is 6.03. The van der Waals surface area contributed by atoms with Gasteiger partial charge in [0.15, 0.2) is 0 Å². The molecule has 0 unspecified atom stereocenters. The molecule has 1 aromatic carbocycles. The van der Waals surface area contributed by atoms with E-state index in [1.807, 2.05) is 37.4 Å². The van der Waals surface area contributed by atoms with Crippen LogP contribution < -0.4 is 10.6 Å². The molecule has 0 radical (unpaired) electrons. The van der Waals surface area contributed by atoms with Crippen LogP contribution in [0.1, 0.15) is 13.3 Å². The summed E-state index contributed by atoms with van der Waals surface area (Å²) >= 11 is 1.68. The fraction of sp³-hybridized carbons (Fsp3) is 0.462. The second-order valence-electron chi connectivity index (χ2n) is 3.66. The van der Waals surface area contributed by atoms with Crippen LogP contribution in [0.2, 0.25) is 0 Å². The number of urea groups is 1. The number of ether oxygens (including phenoxy) is 1. The van der Waals surface area contributed by atoms with Crippen LogP contribution in [0.4, 0.5) is 10.5 Å². The van der Waals surface area contributed by atoms with Crippen molar-refractivity contribution in [3.8, 4) is 0 Å². The van der Waals surface area contributed by atoms with Gasteiger partial charge in [0, 0.05) is 30.3 Å². The Bertz CT molecular complexity index is 355. The molecule has 0 aliphatic carbocycles. The van der Waals surface area contributed by atoms with Gasteiger partial charge < -0.3 is 15.4 Å². The molecule has 18 heavy (non-hydrogen) atoms. The number of amides is 2. The van der Waals surface area contributed by atoms with Crippen molar-refractivity contribution >= 4 is 23.5 Å². The fourth-order valence-corrected chi connectivity index (χ4v) is 1.78. The third-order valence-corrected chi connectivity index (χ3v) is 3.05. The quantitative estimate of drug-likeness (QED) is 0.590. The van der Waals surface area contributed by atoms with Gasteiger partial charge in [-0.05, 0) is 43.9 Å². The van der Waals surface area contributed by atoms with Gasteiger partial charge in [0.1, 0.15) is 0 Å². The minimum Gasteiger partial charge on any atom is -0.382 e. The molecule has 0 bridgehead atoms. The van der Waals surface area contributed by atoms with Crippen molar-refractivity contribution in [1.29, 1.82) is 0 Å². The Hall–Kier alpha value is -1.20. The van der Waals surface area contributed by atoms with Gasteiger partial charge in [0.2, 0.25) is 0 Å². The van der Waals surface area contributed by atoms with E-state index in [4.69, 9.17) is 4.74 Å². The number of benzene rings is 1. The highest BCUT2D eigenvalue weighted by atomic mass is 32.2. The van der Waals surface area contributed by atoms with Crippen molar-refractivity contribution in [3.63, 3.8) is 0 Å². The van der Waals surface area contributed by atoms with E-state index >= 15 is 0 Å². The van der Waals surface area contributed by atoms with Gasteiger partial charge in [0.25, 0.3) is 0 Å². The molecule has 0 aliphatic heterocycles. The Morgan fingerprint density at radius 1 is 1.33 bits per heavy atom. The summed E-state index contributed by atoms with van der Waals surface area (Å²) in [5.74, 6) is 0. The number of hydrogen-bond donors (Lipinski definition) is 2. The van der Waals surface area contributed by atoms with Crippen LogP contribution in [-0.4, -0.2) is 32.0 Å². The molecular weight excluding hydrogens is 248 g/mol. The predicted octanol–water partition coefficient (Wildman–Crippen LogP) is 2.96. The van der Waals surface area contributed by atoms with Gasteiger partial charge in [-0.2, -0.15) is 0 Å². The molecular formula is C13H20N2O2S. The van der Waals surface area contributed by atoms with Crippen molar-refractivity contribution in [2.24, 2.45) is 0 Å². The zero-order valence-electron chi connectivity index (χ0n) is 10.9. The summed E-state index contributed by atoms with van der Waals surface area (Å²) in [4.78, 5) is 12.7. The molecule has 100 valence electrons. The van der Waals surface area contributed by atoms with Gasteiger partial charge in [-0.1, -0.05) is 0 Å². The smallest absolute Gasteiger partial charge is 0.319 e. The van der Waals surface area contributed by atoms with Crippen LogP contribution in [0.15, 0.2) is 29.2 Å². The Balaban J connectivity index is 2.22. The maximum absolute atomic E-state index is 11.5. The normalized spacial score (nSPS) is 10.1. The molecule has 2 amide bonds. The predicted molar refractivity (Wildman–Crippen MR) is 76.4 cm³/mol. The molecule has 5 heteroatoms. The summed E-state index contributed by atoms with van der Waals surface area (Å²) in [6.45, 7) is 3.97. The van der Waals surface area contributed by atoms with Crippen LogP contribution in [0.3, 0.4) is 0 Å². The minimum atomic E-state index is -0.177. The number of carbonyl (C=O) groups is 1. The molecule has 0 atom stereocenters. The second kappa shape index (κ2) is 8.83. The third-order valence-electron chi connectivity index (χ3n) is 2.30. The van der Waals surface area contributed by atoms with Crippen LogP contribution in [-0.2, 0) is 4.74 Å². The number of nitrogens with one attached hydrogen (secondary N) is 2. The van der Waals surface area contributed by atoms with Gasteiger partial charge in [-0.3, -0.25) is 0 Å². The van der Waals surface area contributed by atoms with Crippen molar-refractivity contribution in [3.05, 3.63) is 24.3 Å².